The summed E-state index contributed by atoms with van der Waals surface area (Å²) in [6.07, 6.45) is 0.732. The highest BCUT2D eigenvalue weighted by atomic mass is 32.2. The predicted octanol–water partition coefficient (Wildman–Crippen LogP) is 5.48. The molecule has 32 heavy (non-hydrogen) atoms. The Morgan fingerprint density at radius 1 is 1.09 bits per heavy atom. The maximum absolute atomic E-state index is 13.3. The molecule has 0 saturated heterocycles. The Morgan fingerprint density at radius 2 is 1.94 bits per heavy atom. The summed E-state index contributed by atoms with van der Waals surface area (Å²) in [7, 11) is 0. The number of nitrogens with zero attached hydrogens (tertiary/aromatic N) is 5. The average molecular weight is 480 g/mol. The van der Waals surface area contributed by atoms with Crippen LogP contribution in [-0.2, 0) is 4.79 Å². The molecule has 0 radical (unpaired) electrons. The fourth-order valence-corrected chi connectivity index (χ4v) is 6.11. The molecule has 6 nitrogen and oxygen atoms in total. The summed E-state index contributed by atoms with van der Waals surface area (Å²) in [5.41, 5.74) is 3.13. The third-order valence-corrected chi connectivity index (χ3v) is 8.03. The largest absolute Gasteiger partial charge is 0.274 e. The van der Waals surface area contributed by atoms with Gasteiger partial charge in [-0.15, -0.1) is 32.9 Å². The first-order valence-electron chi connectivity index (χ1n) is 10.2. The Labute approximate surface area is 198 Å². The monoisotopic (exact) mass is 479 g/mol. The number of aromatic nitrogens is 3. The van der Waals surface area contributed by atoms with Crippen LogP contribution >= 0.6 is 34.4 Å². The summed E-state index contributed by atoms with van der Waals surface area (Å²) in [5, 5.41) is 19.7. The molecular formula is C23H21N5OS3. The van der Waals surface area contributed by atoms with Gasteiger partial charge in [-0.05, 0) is 54.4 Å². The lowest BCUT2D eigenvalue weighted by Gasteiger charge is -2.20. The summed E-state index contributed by atoms with van der Waals surface area (Å²) in [4.78, 5) is 15.6. The van der Waals surface area contributed by atoms with E-state index in [4.69, 9.17) is 5.10 Å². The summed E-state index contributed by atoms with van der Waals surface area (Å²) < 4.78 is 1.99. The van der Waals surface area contributed by atoms with Crippen LogP contribution in [-0.4, -0.2) is 37.1 Å². The second-order valence-electron chi connectivity index (χ2n) is 7.49. The second kappa shape index (κ2) is 9.01. The molecule has 4 heterocycles. The molecule has 1 aromatic carbocycles. The van der Waals surface area contributed by atoms with Crippen molar-refractivity contribution in [3.8, 4) is 5.69 Å². The van der Waals surface area contributed by atoms with Gasteiger partial charge in [-0.1, -0.05) is 36.0 Å². The van der Waals surface area contributed by atoms with E-state index in [-0.39, 0.29) is 17.7 Å². The normalized spacial score (nSPS) is 15.9. The number of hydrogen-bond donors (Lipinski definition) is 0. The topological polar surface area (TPSA) is 63.4 Å². The summed E-state index contributed by atoms with van der Waals surface area (Å²) in [6.45, 7) is 3.98. The van der Waals surface area contributed by atoms with Crippen molar-refractivity contribution < 1.29 is 4.79 Å². The maximum Gasteiger partial charge on any atom is 0.253 e. The Kier molecular flexibility index (Phi) is 5.95. The molecule has 0 fully saturated rings. The molecule has 0 aliphatic carbocycles. The predicted molar refractivity (Wildman–Crippen MR) is 131 cm³/mol. The molecule has 0 saturated carbocycles. The lowest BCUT2D eigenvalue weighted by Crippen LogP contribution is -2.28. The quantitative estimate of drug-likeness (QED) is 0.344. The lowest BCUT2D eigenvalue weighted by molar-refractivity contribution is -0.130. The van der Waals surface area contributed by atoms with Crippen LogP contribution in [0.5, 0.6) is 0 Å². The fraction of sp³-hybridized carbons (Fsp3) is 0.217. The minimum absolute atomic E-state index is 0.0311. The zero-order chi connectivity index (χ0) is 22.1. The number of carbonyl (C=O) groups is 1. The van der Waals surface area contributed by atoms with Crippen molar-refractivity contribution in [2.45, 2.75) is 31.5 Å². The second-order valence-corrected chi connectivity index (χ2v) is 10.4. The first-order valence-corrected chi connectivity index (χ1v) is 12.9. The van der Waals surface area contributed by atoms with Gasteiger partial charge >= 0.3 is 0 Å². The van der Waals surface area contributed by atoms with Crippen molar-refractivity contribution in [1.29, 1.82) is 0 Å². The highest BCUT2D eigenvalue weighted by Gasteiger charge is 2.34. The number of carbonyl (C=O) groups excluding carboxylic acids is 1. The molecule has 4 aromatic rings. The van der Waals surface area contributed by atoms with E-state index >= 15 is 0 Å². The minimum Gasteiger partial charge on any atom is -0.274 e. The third-order valence-electron chi connectivity index (χ3n) is 5.22. The van der Waals surface area contributed by atoms with Gasteiger partial charge in [0.2, 0.25) is 0 Å². The van der Waals surface area contributed by atoms with E-state index in [1.807, 2.05) is 46.5 Å². The van der Waals surface area contributed by atoms with Crippen molar-refractivity contribution in [1.82, 2.24) is 19.8 Å². The van der Waals surface area contributed by atoms with Crippen molar-refractivity contribution in [3.05, 3.63) is 80.4 Å². The molecule has 3 aromatic heterocycles. The van der Waals surface area contributed by atoms with Crippen LogP contribution in [0.3, 0.4) is 0 Å². The van der Waals surface area contributed by atoms with Gasteiger partial charge in [-0.25, -0.2) is 5.01 Å². The third kappa shape index (κ3) is 4.15. The highest BCUT2D eigenvalue weighted by molar-refractivity contribution is 7.99. The molecule has 1 amide bonds. The SMILES string of the molecule is Cc1cccc(-n2c(C)nnc2SCC(=O)N2N=C(c3cccs3)CC2c2cccs2)c1. The molecule has 1 aliphatic heterocycles. The van der Waals surface area contributed by atoms with Crippen molar-refractivity contribution in [2.24, 2.45) is 5.10 Å². The summed E-state index contributed by atoms with van der Waals surface area (Å²) in [5.74, 6) is 1.00. The van der Waals surface area contributed by atoms with E-state index in [2.05, 4.69) is 41.4 Å². The number of amides is 1. The molecule has 0 N–H and O–H groups in total. The number of aryl methyl sites for hydroxylation is 2. The Morgan fingerprint density at radius 3 is 2.69 bits per heavy atom. The van der Waals surface area contributed by atoms with Crippen LogP contribution in [0.4, 0.5) is 0 Å². The standard InChI is InChI=1S/C23H21N5OS3/c1-15-6-3-7-17(12-15)27-16(2)24-25-23(27)32-14-22(29)28-19(21-9-5-11-31-21)13-18(26-28)20-8-4-10-30-20/h3-12,19H,13-14H2,1-2H3. The zero-order valence-electron chi connectivity index (χ0n) is 17.6. The Hall–Kier alpha value is -2.75. The first kappa shape index (κ1) is 21.1. The van der Waals surface area contributed by atoms with Crippen molar-refractivity contribution >= 4 is 46.1 Å². The lowest BCUT2D eigenvalue weighted by atomic mass is 10.1. The minimum atomic E-state index is -0.0587. The van der Waals surface area contributed by atoms with Gasteiger partial charge in [0.1, 0.15) is 5.82 Å². The summed E-state index contributed by atoms with van der Waals surface area (Å²) in [6, 6.07) is 16.3. The number of hydrogen-bond acceptors (Lipinski definition) is 7. The fourth-order valence-electron chi connectivity index (χ4n) is 3.73. The van der Waals surface area contributed by atoms with E-state index in [1.54, 1.807) is 27.7 Å². The Balaban J connectivity index is 1.37. The molecule has 1 unspecified atom stereocenters. The van der Waals surface area contributed by atoms with Crippen LogP contribution < -0.4 is 0 Å². The van der Waals surface area contributed by atoms with Gasteiger partial charge in [0.05, 0.1) is 22.4 Å². The molecule has 0 spiro atoms. The molecule has 0 bridgehead atoms. The molecular weight excluding hydrogens is 458 g/mol. The number of hydrazone groups is 1. The molecule has 1 aliphatic rings. The van der Waals surface area contributed by atoms with E-state index < -0.39 is 0 Å². The van der Waals surface area contributed by atoms with Crippen molar-refractivity contribution in [2.75, 3.05) is 5.75 Å². The maximum atomic E-state index is 13.3. The van der Waals surface area contributed by atoms with E-state index in [1.165, 1.54) is 11.8 Å². The molecule has 162 valence electrons. The highest BCUT2D eigenvalue weighted by Crippen LogP contribution is 2.36. The average Bonchev–Trinajstić information content (AvgIpc) is 3.58. The van der Waals surface area contributed by atoms with Gasteiger partial charge in [-0.2, -0.15) is 5.10 Å². The van der Waals surface area contributed by atoms with Gasteiger partial charge < -0.3 is 0 Å². The Bertz CT molecular complexity index is 1260. The number of rotatable bonds is 6. The molecule has 9 heteroatoms. The van der Waals surface area contributed by atoms with E-state index in [9.17, 15) is 4.79 Å². The van der Waals surface area contributed by atoms with Crippen LogP contribution in [0.1, 0.15) is 33.6 Å². The van der Waals surface area contributed by atoms with Gasteiger partial charge in [-0.3, -0.25) is 9.36 Å². The summed E-state index contributed by atoms with van der Waals surface area (Å²) >= 11 is 4.71. The molecule has 1 atom stereocenters. The van der Waals surface area contributed by atoms with Crippen LogP contribution in [0.25, 0.3) is 5.69 Å². The van der Waals surface area contributed by atoms with Gasteiger partial charge in [0.25, 0.3) is 5.91 Å². The molecule has 5 rings (SSSR count). The number of thiophene rings is 2. The van der Waals surface area contributed by atoms with Crippen LogP contribution in [0.15, 0.2) is 69.5 Å². The first-order chi connectivity index (χ1) is 15.6. The zero-order valence-corrected chi connectivity index (χ0v) is 20.1. The van der Waals surface area contributed by atoms with E-state index in [0.29, 0.717) is 5.16 Å². The van der Waals surface area contributed by atoms with Gasteiger partial charge in [0, 0.05) is 17.0 Å². The number of thioether (sulfide) groups is 1. The van der Waals surface area contributed by atoms with Crippen LogP contribution in [0.2, 0.25) is 0 Å². The van der Waals surface area contributed by atoms with Crippen LogP contribution in [0, 0.1) is 13.8 Å². The number of benzene rings is 1. The van der Waals surface area contributed by atoms with E-state index in [0.717, 1.165) is 39.0 Å². The smallest absolute Gasteiger partial charge is 0.253 e. The van der Waals surface area contributed by atoms with Gasteiger partial charge in [0.15, 0.2) is 5.16 Å². The van der Waals surface area contributed by atoms with Crippen molar-refractivity contribution in [3.63, 3.8) is 0 Å².